The van der Waals surface area contributed by atoms with E-state index in [1.165, 1.54) is 12.8 Å². The molecule has 0 radical (unpaired) electrons. The second-order valence-electron chi connectivity index (χ2n) is 4.62. The smallest absolute Gasteiger partial charge is 0.134 e. The summed E-state index contributed by atoms with van der Waals surface area (Å²) in [5.74, 6) is 2.21. The van der Waals surface area contributed by atoms with Crippen molar-refractivity contribution in [2.45, 2.75) is 52.1 Å². The van der Waals surface area contributed by atoms with Crippen LogP contribution in [0.2, 0.25) is 0 Å². The molecule has 1 N–H and O–H groups in total. The molecular formula is C11H20N4. The molecule has 0 spiro atoms. The summed E-state index contributed by atoms with van der Waals surface area (Å²) in [4.78, 5) is 0. The van der Waals surface area contributed by atoms with Gasteiger partial charge in [0, 0.05) is 25.0 Å². The summed E-state index contributed by atoms with van der Waals surface area (Å²) in [6, 6.07) is 1.23. The van der Waals surface area contributed by atoms with Crippen molar-refractivity contribution in [1.82, 2.24) is 20.1 Å². The Bertz CT molecular complexity index is 325. The Morgan fingerprint density at radius 3 is 2.73 bits per heavy atom. The van der Waals surface area contributed by atoms with Gasteiger partial charge in [0.2, 0.25) is 0 Å². The summed E-state index contributed by atoms with van der Waals surface area (Å²) >= 11 is 0. The number of hydrogen-bond donors (Lipinski definition) is 1. The fourth-order valence-electron chi connectivity index (χ4n) is 1.86. The van der Waals surface area contributed by atoms with E-state index in [2.05, 4.69) is 33.9 Å². The van der Waals surface area contributed by atoms with Crippen LogP contribution in [0.3, 0.4) is 0 Å². The summed E-state index contributed by atoms with van der Waals surface area (Å²) in [6.07, 6.45) is 3.57. The largest absolute Gasteiger partial charge is 0.314 e. The van der Waals surface area contributed by atoms with Gasteiger partial charge in [0.05, 0.1) is 0 Å². The van der Waals surface area contributed by atoms with E-state index in [1.54, 1.807) is 0 Å². The first-order chi connectivity index (χ1) is 7.18. The molecule has 1 fully saturated rings. The van der Waals surface area contributed by atoms with Crippen LogP contribution in [0, 0.1) is 6.92 Å². The van der Waals surface area contributed by atoms with Crippen molar-refractivity contribution < 1.29 is 0 Å². The Labute approximate surface area is 91.1 Å². The van der Waals surface area contributed by atoms with Crippen LogP contribution < -0.4 is 5.32 Å². The fraction of sp³-hybridized carbons (Fsp3) is 0.818. The third kappa shape index (κ3) is 2.56. The van der Waals surface area contributed by atoms with Crippen molar-refractivity contribution in [2.24, 2.45) is 0 Å². The van der Waals surface area contributed by atoms with E-state index < -0.39 is 0 Å². The van der Waals surface area contributed by atoms with E-state index >= 15 is 0 Å². The summed E-state index contributed by atoms with van der Waals surface area (Å²) in [5, 5.41) is 11.8. The van der Waals surface area contributed by atoms with Crippen LogP contribution >= 0.6 is 0 Å². The molecule has 4 nitrogen and oxygen atoms in total. The quantitative estimate of drug-likeness (QED) is 0.796. The summed E-state index contributed by atoms with van der Waals surface area (Å²) in [5.41, 5.74) is 0. The maximum Gasteiger partial charge on any atom is 0.134 e. The van der Waals surface area contributed by atoms with Gasteiger partial charge in [-0.05, 0) is 19.8 Å². The monoisotopic (exact) mass is 208 g/mol. The van der Waals surface area contributed by atoms with Crippen LogP contribution in [-0.4, -0.2) is 27.4 Å². The highest BCUT2D eigenvalue weighted by Gasteiger charge is 2.27. The van der Waals surface area contributed by atoms with Crippen LogP contribution in [0.25, 0.3) is 0 Å². The van der Waals surface area contributed by atoms with E-state index in [0.29, 0.717) is 12.1 Å². The van der Waals surface area contributed by atoms with Crippen LogP contribution in [0.5, 0.6) is 0 Å². The zero-order valence-corrected chi connectivity index (χ0v) is 9.82. The lowest BCUT2D eigenvalue weighted by molar-refractivity contribution is 0.566. The molecule has 2 rings (SSSR count). The van der Waals surface area contributed by atoms with Gasteiger partial charge in [-0.15, -0.1) is 10.2 Å². The van der Waals surface area contributed by atoms with Crippen molar-refractivity contribution in [3.8, 4) is 0 Å². The lowest BCUT2D eigenvalue weighted by atomic mass is 10.3. The molecule has 15 heavy (non-hydrogen) atoms. The number of nitrogens with one attached hydrogen (secondary N) is 1. The second-order valence-corrected chi connectivity index (χ2v) is 4.62. The molecule has 0 unspecified atom stereocenters. The molecule has 1 aliphatic rings. The van der Waals surface area contributed by atoms with E-state index in [4.69, 9.17) is 0 Å². The summed E-state index contributed by atoms with van der Waals surface area (Å²) in [7, 11) is 0. The lowest BCUT2D eigenvalue weighted by Gasteiger charge is -2.09. The van der Waals surface area contributed by atoms with Crippen LogP contribution in [0.1, 0.15) is 44.4 Å². The Balaban J connectivity index is 1.95. The molecule has 84 valence electrons. The van der Waals surface area contributed by atoms with Gasteiger partial charge in [-0.2, -0.15) is 0 Å². The highest BCUT2D eigenvalue weighted by Crippen LogP contribution is 2.36. The highest BCUT2D eigenvalue weighted by molar-refractivity contribution is 5.01. The highest BCUT2D eigenvalue weighted by atomic mass is 15.3. The zero-order valence-electron chi connectivity index (χ0n) is 9.82. The minimum Gasteiger partial charge on any atom is -0.314 e. The molecule has 0 amide bonds. The van der Waals surface area contributed by atoms with Gasteiger partial charge < -0.3 is 9.88 Å². The van der Waals surface area contributed by atoms with Gasteiger partial charge in [0.15, 0.2) is 0 Å². The summed E-state index contributed by atoms with van der Waals surface area (Å²) < 4.78 is 2.31. The van der Waals surface area contributed by atoms with E-state index in [-0.39, 0.29) is 0 Å². The third-order valence-corrected chi connectivity index (χ3v) is 2.75. The van der Waals surface area contributed by atoms with E-state index in [9.17, 15) is 0 Å². The molecule has 0 saturated heterocycles. The molecule has 1 saturated carbocycles. The van der Waals surface area contributed by atoms with Crippen molar-refractivity contribution in [1.29, 1.82) is 0 Å². The van der Waals surface area contributed by atoms with E-state index in [1.807, 2.05) is 6.92 Å². The maximum absolute atomic E-state index is 4.25. The first-order valence-electron chi connectivity index (χ1n) is 5.82. The topological polar surface area (TPSA) is 42.7 Å². The van der Waals surface area contributed by atoms with Crippen molar-refractivity contribution in [2.75, 3.05) is 6.54 Å². The fourth-order valence-corrected chi connectivity index (χ4v) is 1.86. The molecule has 0 atom stereocenters. The van der Waals surface area contributed by atoms with Crippen molar-refractivity contribution in [3.05, 3.63) is 11.6 Å². The maximum atomic E-state index is 4.25. The Hall–Kier alpha value is -0.900. The Kier molecular flexibility index (Phi) is 3.05. The molecule has 0 aliphatic heterocycles. The standard InChI is InChI=1S/C11H20N4/c1-8(2)12-7-6-11-14-13-9(3)15(11)10-4-5-10/h8,10,12H,4-7H2,1-3H3. The molecule has 1 heterocycles. The predicted molar refractivity (Wildman–Crippen MR) is 59.9 cm³/mol. The average molecular weight is 208 g/mol. The van der Waals surface area contributed by atoms with Crippen LogP contribution in [0.4, 0.5) is 0 Å². The van der Waals surface area contributed by atoms with Gasteiger partial charge in [-0.1, -0.05) is 13.8 Å². The Morgan fingerprint density at radius 1 is 1.40 bits per heavy atom. The van der Waals surface area contributed by atoms with Gasteiger partial charge in [0.25, 0.3) is 0 Å². The van der Waals surface area contributed by atoms with Crippen molar-refractivity contribution in [3.63, 3.8) is 0 Å². The average Bonchev–Trinajstić information content (AvgIpc) is 2.92. The normalized spacial score (nSPS) is 16.3. The van der Waals surface area contributed by atoms with Gasteiger partial charge in [-0.25, -0.2) is 0 Å². The van der Waals surface area contributed by atoms with Crippen molar-refractivity contribution >= 4 is 0 Å². The first kappa shape index (κ1) is 10.6. The van der Waals surface area contributed by atoms with Gasteiger partial charge >= 0.3 is 0 Å². The summed E-state index contributed by atoms with van der Waals surface area (Å²) in [6.45, 7) is 7.36. The molecule has 1 aliphatic carbocycles. The number of nitrogens with zero attached hydrogens (tertiary/aromatic N) is 3. The Morgan fingerprint density at radius 2 is 2.13 bits per heavy atom. The minimum atomic E-state index is 0.545. The SMILES string of the molecule is Cc1nnc(CCNC(C)C)n1C1CC1. The predicted octanol–water partition coefficient (Wildman–Crippen LogP) is 1.46. The van der Waals surface area contributed by atoms with Gasteiger partial charge in [-0.3, -0.25) is 0 Å². The molecule has 0 bridgehead atoms. The molecule has 4 heteroatoms. The molecule has 1 aromatic rings. The van der Waals surface area contributed by atoms with Crippen LogP contribution in [-0.2, 0) is 6.42 Å². The minimum absolute atomic E-state index is 0.545. The lowest BCUT2D eigenvalue weighted by Crippen LogP contribution is -2.25. The molecular weight excluding hydrogens is 188 g/mol. The number of aromatic nitrogens is 3. The number of hydrogen-bond acceptors (Lipinski definition) is 3. The number of aryl methyl sites for hydroxylation is 1. The zero-order chi connectivity index (χ0) is 10.8. The van der Waals surface area contributed by atoms with Gasteiger partial charge in [0.1, 0.15) is 11.6 Å². The molecule has 1 aromatic heterocycles. The number of rotatable bonds is 5. The van der Waals surface area contributed by atoms with Crippen LogP contribution in [0.15, 0.2) is 0 Å². The van der Waals surface area contributed by atoms with E-state index in [0.717, 1.165) is 24.6 Å². The third-order valence-electron chi connectivity index (χ3n) is 2.75. The first-order valence-corrected chi connectivity index (χ1v) is 5.82. The second kappa shape index (κ2) is 4.31. The molecule has 0 aromatic carbocycles.